The average molecular weight is 272 g/mol. The van der Waals surface area contributed by atoms with E-state index in [9.17, 15) is 0 Å². The molecule has 1 aliphatic heterocycles. The molecule has 0 fully saturated rings. The number of para-hydroxylation sites is 1. The van der Waals surface area contributed by atoms with Crippen molar-refractivity contribution in [2.75, 3.05) is 0 Å². The molecule has 0 amide bonds. The van der Waals surface area contributed by atoms with Crippen LogP contribution < -0.4 is 4.74 Å². The lowest BCUT2D eigenvalue weighted by molar-refractivity contribution is 0.239. The SMILES string of the molecule is c1ccc(-c2ccccc2C2Cc3ccccc3O2)cc1. The van der Waals surface area contributed by atoms with E-state index in [0.29, 0.717) is 0 Å². The first-order valence-corrected chi connectivity index (χ1v) is 7.31. The predicted molar refractivity (Wildman–Crippen MR) is 85.4 cm³/mol. The Morgan fingerprint density at radius 3 is 2.29 bits per heavy atom. The minimum absolute atomic E-state index is 0.110. The summed E-state index contributed by atoms with van der Waals surface area (Å²) in [6.07, 6.45) is 1.05. The molecule has 1 unspecified atom stereocenters. The quantitative estimate of drug-likeness (QED) is 0.635. The van der Waals surface area contributed by atoms with Gasteiger partial charge < -0.3 is 4.74 Å². The highest BCUT2D eigenvalue weighted by molar-refractivity contribution is 5.68. The first kappa shape index (κ1) is 12.2. The van der Waals surface area contributed by atoms with Crippen LogP contribution in [-0.4, -0.2) is 0 Å². The van der Waals surface area contributed by atoms with Crippen molar-refractivity contribution in [3.05, 3.63) is 90.0 Å². The molecule has 21 heavy (non-hydrogen) atoms. The van der Waals surface area contributed by atoms with Crippen LogP contribution in [0.1, 0.15) is 17.2 Å². The minimum atomic E-state index is 0.110. The van der Waals surface area contributed by atoms with Gasteiger partial charge in [0, 0.05) is 12.0 Å². The molecular weight excluding hydrogens is 256 g/mol. The van der Waals surface area contributed by atoms with Crippen LogP contribution in [-0.2, 0) is 6.42 Å². The lowest BCUT2D eigenvalue weighted by atomic mass is 9.94. The molecule has 1 aliphatic rings. The molecule has 0 N–H and O–H groups in total. The van der Waals surface area contributed by atoms with Gasteiger partial charge in [-0.2, -0.15) is 0 Å². The van der Waals surface area contributed by atoms with Crippen molar-refractivity contribution in [2.24, 2.45) is 0 Å². The number of hydrogen-bond donors (Lipinski definition) is 0. The lowest BCUT2D eigenvalue weighted by Gasteiger charge is -2.16. The van der Waals surface area contributed by atoms with Crippen LogP contribution >= 0.6 is 0 Å². The second kappa shape index (κ2) is 5.10. The third-order valence-electron chi connectivity index (χ3n) is 4.04. The first-order chi connectivity index (χ1) is 10.4. The maximum atomic E-state index is 6.16. The van der Waals surface area contributed by atoms with Crippen LogP contribution in [0.2, 0.25) is 0 Å². The fourth-order valence-corrected chi connectivity index (χ4v) is 3.01. The highest BCUT2D eigenvalue weighted by Crippen LogP contribution is 2.39. The molecule has 0 aliphatic carbocycles. The second-order valence-corrected chi connectivity index (χ2v) is 5.37. The van der Waals surface area contributed by atoms with Crippen molar-refractivity contribution < 1.29 is 4.74 Å². The first-order valence-electron chi connectivity index (χ1n) is 7.31. The molecular formula is C20H16O. The van der Waals surface area contributed by atoms with Crippen LogP contribution in [0.3, 0.4) is 0 Å². The van der Waals surface area contributed by atoms with E-state index in [0.717, 1.165) is 12.2 Å². The molecule has 0 bridgehead atoms. The Morgan fingerprint density at radius 1 is 0.714 bits per heavy atom. The summed E-state index contributed by atoms with van der Waals surface area (Å²) in [7, 11) is 0. The Bertz CT molecular complexity index is 737. The highest BCUT2D eigenvalue weighted by Gasteiger charge is 2.25. The van der Waals surface area contributed by atoms with Crippen molar-refractivity contribution in [3.63, 3.8) is 0 Å². The zero-order valence-electron chi connectivity index (χ0n) is 11.7. The Balaban J connectivity index is 1.75. The van der Waals surface area contributed by atoms with Gasteiger partial charge in [0.05, 0.1) is 0 Å². The van der Waals surface area contributed by atoms with E-state index >= 15 is 0 Å². The minimum Gasteiger partial charge on any atom is -0.485 e. The van der Waals surface area contributed by atoms with E-state index in [4.69, 9.17) is 4.74 Å². The second-order valence-electron chi connectivity index (χ2n) is 5.37. The van der Waals surface area contributed by atoms with Crippen LogP contribution in [0.5, 0.6) is 5.75 Å². The summed E-state index contributed by atoms with van der Waals surface area (Å²) in [5.74, 6) is 1.02. The summed E-state index contributed by atoms with van der Waals surface area (Å²) >= 11 is 0. The van der Waals surface area contributed by atoms with Crippen molar-refractivity contribution in [2.45, 2.75) is 12.5 Å². The number of hydrogen-bond acceptors (Lipinski definition) is 1. The molecule has 4 rings (SSSR count). The van der Waals surface area contributed by atoms with Crippen LogP contribution in [0.4, 0.5) is 0 Å². The molecule has 0 radical (unpaired) electrons. The van der Waals surface area contributed by atoms with Gasteiger partial charge in [0.1, 0.15) is 11.9 Å². The Kier molecular flexibility index (Phi) is 2.97. The molecule has 0 saturated carbocycles. The maximum Gasteiger partial charge on any atom is 0.128 e. The van der Waals surface area contributed by atoms with Gasteiger partial charge in [-0.25, -0.2) is 0 Å². The Labute approximate surface area is 124 Å². The smallest absolute Gasteiger partial charge is 0.128 e. The van der Waals surface area contributed by atoms with Crippen molar-refractivity contribution in [3.8, 4) is 16.9 Å². The standard InChI is InChI=1S/C20H16O/c1-2-8-15(9-3-1)17-11-5-6-12-18(17)20-14-16-10-4-7-13-19(16)21-20/h1-13,20H,14H2. The largest absolute Gasteiger partial charge is 0.485 e. The third kappa shape index (κ3) is 2.21. The van der Waals surface area contributed by atoms with E-state index in [1.165, 1.54) is 22.3 Å². The molecule has 1 heterocycles. The maximum absolute atomic E-state index is 6.16. The van der Waals surface area contributed by atoms with Gasteiger partial charge in [-0.05, 0) is 22.8 Å². The topological polar surface area (TPSA) is 9.23 Å². The number of benzene rings is 3. The summed E-state index contributed by atoms with van der Waals surface area (Å²) in [5.41, 5.74) is 5.06. The van der Waals surface area contributed by atoms with Crippen LogP contribution in [0.15, 0.2) is 78.9 Å². The molecule has 1 atom stereocenters. The summed E-state index contributed by atoms with van der Waals surface area (Å²) in [6, 6.07) is 27.4. The van der Waals surface area contributed by atoms with Gasteiger partial charge >= 0.3 is 0 Å². The number of ether oxygens (including phenoxy) is 1. The predicted octanol–water partition coefficient (Wildman–Crippen LogP) is 5.03. The summed E-state index contributed by atoms with van der Waals surface area (Å²) in [4.78, 5) is 0. The van der Waals surface area contributed by atoms with Gasteiger partial charge in [-0.15, -0.1) is 0 Å². The molecule has 0 spiro atoms. The fraction of sp³-hybridized carbons (Fsp3) is 0.100. The third-order valence-corrected chi connectivity index (χ3v) is 4.04. The molecule has 0 aromatic heterocycles. The van der Waals surface area contributed by atoms with E-state index in [-0.39, 0.29) is 6.10 Å². The summed E-state index contributed by atoms with van der Waals surface area (Å²) in [6.45, 7) is 0. The van der Waals surface area contributed by atoms with Gasteiger partial charge in [-0.3, -0.25) is 0 Å². The summed E-state index contributed by atoms with van der Waals surface area (Å²) < 4.78 is 6.16. The number of rotatable bonds is 2. The number of fused-ring (bicyclic) bond motifs is 1. The zero-order chi connectivity index (χ0) is 14.1. The van der Waals surface area contributed by atoms with Crippen molar-refractivity contribution >= 4 is 0 Å². The molecule has 1 nitrogen and oxygen atoms in total. The van der Waals surface area contributed by atoms with Gasteiger partial charge in [0.25, 0.3) is 0 Å². The summed E-state index contributed by atoms with van der Waals surface area (Å²) in [5, 5.41) is 0. The van der Waals surface area contributed by atoms with Crippen LogP contribution in [0, 0.1) is 0 Å². The van der Waals surface area contributed by atoms with Gasteiger partial charge in [-0.1, -0.05) is 72.8 Å². The van der Waals surface area contributed by atoms with E-state index in [2.05, 4.69) is 66.7 Å². The lowest BCUT2D eigenvalue weighted by Crippen LogP contribution is -2.05. The monoisotopic (exact) mass is 272 g/mol. The van der Waals surface area contributed by atoms with E-state index < -0.39 is 0 Å². The van der Waals surface area contributed by atoms with Gasteiger partial charge in [0.2, 0.25) is 0 Å². The molecule has 3 aromatic rings. The van der Waals surface area contributed by atoms with Gasteiger partial charge in [0.15, 0.2) is 0 Å². The van der Waals surface area contributed by atoms with E-state index in [1.807, 2.05) is 12.1 Å². The van der Waals surface area contributed by atoms with Crippen molar-refractivity contribution in [1.29, 1.82) is 0 Å². The average Bonchev–Trinajstić information content (AvgIpc) is 2.99. The molecule has 1 heteroatoms. The normalized spacial score (nSPS) is 16.3. The van der Waals surface area contributed by atoms with Crippen molar-refractivity contribution in [1.82, 2.24) is 0 Å². The molecule has 0 saturated heterocycles. The van der Waals surface area contributed by atoms with Crippen LogP contribution in [0.25, 0.3) is 11.1 Å². The highest BCUT2D eigenvalue weighted by atomic mass is 16.5. The zero-order valence-corrected chi connectivity index (χ0v) is 11.7. The molecule has 3 aromatic carbocycles. The Morgan fingerprint density at radius 2 is 1.43 bits per heavy atom. The fourth-order valence-electron chi connectivity index (χ4n) is 3.01. The Hall–Kier alpha value is -2.54. The van der Waals surface area contributed by atoms with E-state index in [1.54, 1.807) is 0 Å². The molecule has 102 valence electrons.